The number of carbonyl (C=O) groups excluding carboxylic acids is 3. The molecule has 2 rings (SSSR count). The molecule has 0 aliphatic heterocycles. The monoisotopic (exact) mass is 468 g/mol. The van der Waals surface area contributed by atoms with Crippen LogP contribution < -0.4 is 20.8 Å². The molecular weight excluding hydrogens is 436 g/mol. The highest BCUT2D eigenvalue weighted by Gasteiger charge is 2.12. The Morgan fingerprint density at radius 2 is 1.71 bits per heavy atom. The number of carbonyl (C=O) groups is 3. The van der Waals surface area contributed by atoms with E-state index in [1.807, 2.05) is 45.9 Å². The van der Waals surface area contributed by atoms with Crippen molar-refractivity contribution in [2.75, 3.05) is 25.1 Å². The van der Waals surface area contributed by atoms with Crippen LogP contribution in [0.1, 0.15) is 37.0 Å². The van der Waals surface area contributed by atoms with Gasteiger partial charge in [-0.15, -0.1) is 0 Å². The Bertz CT molecular complexity index is 1000. The van der Waals surface area contributed by atoms with Gasteiger partial charge in [0.2, 0.25) is 0 Å². The molecule has 182 valence electrons. The number of benzene rings is 2. The number of hydrogen-bond acceptors (Lipinski definition) is 6. The first-order valence-corrected chi connectivity index (χ1v) is 11.1. The summed E-state index contributed by atoms with van der Waals surface area (Å²) >= 11 is 0. The van der Waals surface area contributed by atoms with Crippen molar-refractivity contribution in [3.05, 3.63) is 59.2 Å². The van der Waals surface area contributed by atoms with E-state index < -0.39 is 11.8 Å². The zero-order valence-electron chi connectivity index (χ0n) is 20.0. The summed E-state index contributed by atoms with van der Waals surface area (Å²) in [6.07, 6.45) is 2.06. The second-order valence-corrected chi connectivity index (χ2v) is 7.87. The van der Waals surface area contributed by atoms with Gasteiger partial charge in [-0.3, -0.25) is 14.4 Å². The van der Waals surface area contributed by atoms with Crippen LogP contribution in [0.15, 0.2) is 47.6 Å². The Morgan fingerprint density at radius 1 is 1.00 bits per heavy atom. The highest BCUT2D eigenvalue weighted by Crippen LogP contribution is 2.20. The standard InChI is InChI=1S/C25H32N4O5/c1-17(2)33-14-8-13-26-24(31)25(32)29-27-15-20-11-5-6-12-21(20)34-16-22(30)28-23-18(3)9-7-10-19(23)4/h5-7,9-12,15,17H,8,13-14,16H2,1-4H3,(H,26,31)(H,28,30)(H,29,32)/b27-15-. The van der Waals surface area contributed by atoms with Crippen LogP contribution in [-0.2, 0) is 19.1 Å². The molecule has 0 saturated carbocycles. The van der Waals surface area contributed by atoms with Crippen molar-refractivity contribution < 1.29 is 23.9 Å². The van der Waals surface area contributed by atoms with Gasteiger partial charge in [0.05, 0.1) is 12.3 Å². The van der Waals surface area contributed by atoms with Gasteiger partial charge in [0.1, 0.15) is 5.75 Å². The molecular formula is C25H32N4O5. The molecule has 0 spiro atoms. The average molecular weight is 469 g/mol. The number of aryl methyl sites for hydroxylation is 2. The third-order valence-electron chi connectivity index (χ3n) is 4.66. The van der Waals surface area contributed by atoms with E-state index in [0.29, 0.717) is 30.9 Å². The van der Waals surface area contributed by atoms with Crippen molar-refractivity contribution in [2.45, 2.75) is 40.2 Å². The van der Waals surface area contributed by atoms with Crippen molar-refractivity contribution in [1.82, 2.24) is 10.7 Å². The Labute approximate surface area is 199 Å². The molecule has 2 aromatic rings. The fourth-order valence-electron chi connectivity index (χ4n) is 2.93. The van der Waals surface area contributed by atoms with E-state index in [-0.39, 0.29) is 18.6 Å². The first-order chi connectivity index (χ1) is 16.3. The maximum Gasteiger partial charge on any atom is 0.329 e. The number of hydrazone groups is 1. The number of nitrogens with one attached hydrogen (secondary N) is 3. The van der Waals surface area contributed by atoms with Gasteiger partial charge in [-0.25, -0.2) is 5.43 Å². The second-order valence-electron chi connectivity index (χ2n) is 7.87. The summed E-state index contributed by atoms with van der Waals surface area (Å²) < 4.78 is 11.0. The number of para-hydroxylation sites is 2. The zero-order valence-corrected chi connectivity index (χ0v) is 20.0. The molecule has 0 aliphatic carbocycles. The molecule has 0 fully saturated rings. The fourth-order valence-corrected chi connectivity index (χ4v) is 2.93. The molecule has 3 N–H and O–H groups in total. The lowest BCUT2D eigenvalue weighted by Crippen LogP contribution is -2.38. The molecule has 0 aliphatic rings. The van der Waals surface area contributed by atoms with Crippen LogP contribution >= 0.6 is 0 Å². The average Bonchev–Trinajstić information content (AvgIpc) is 2.80. The largest absolute Gasteiger partial charge is 0.483 e. The van der Waals surface area contributed by atoms with Gasteiger partial charge in [-0.1, -0.05) is 30.3 Å². The molecule has 9 nitrogen and oxygen atoms in total. The lowest BCUT2D eigenvalue weighted by Gasteiger charge is -2.13. The molecule has 2 aromatic carbocycles. The number of hydrogen-bond donors (Lipinski definition) is 3. The fraction of sp³-hybridized carbons (Fsp3) is 0.360. The SMILES string of the molecule is Cc1cccc(C)c1NC(=O)COc1ccccc1/C=N\NC(=O)C(=O)NCCCOC(C)C. The summed E-state index contributed by atoms with van der Waals surface area (Å²) in [4.78, 5) is 36.1. The molecule has 34 heavy (non-hydrogen) atoms. The van der Waals surface area contributed by atoms with E-state index in [2.05, 4.69) is 21.2 Å². The molecule has 0 aromatic heterocycles. The predicted molar refractivity (Wildman–Crippen MR) is 131 cm³/mol. The number of amides is 3. The number of ether oxygens (including phenoxy) is 2. The summed E-state index contributed by atoms with van der Waals surface area (Å²) in [5.41, 5.74) is 5.40. The van der Waals surface area contributed by atoms with E-state index in [1.54, 1.807) is 24.3 Å². The van der Waals surface area contributed by atoms with Crippen molar-refractivity contribution in [1.29, 1.82) is 0 Å². The molecule has 0 heterocycles. The first-order valence-electron chi connectivity index (χ1n) is 11.1. The van der Waals surface area contributed by atoms with Crippen molar-refractivity contribution >= 4 is 29.6 Å². The lowest BCUT2D eigenvalue weighted by atomic mass is 10.1. The van der Waals surface area contributed by atoms with Crippen LogP contribution in [0.25, 0.3) is 0 Å². The summed E-state index contributed by atoms with van der Waals surface area (Å²) in [5.74, 6) is -1.55. The normalized spacial score (nSPS) is 10.9. The minimum Gasteiger partial charge on any atom is -0.483 e. The highest BCUT2D eigenvalue weighted by atomic mass is 16.5. The van der Waals surface area contributed by atoms with Crippen LogP contribution in [0.5, 0.6) is 5.75 Å². The smallest absolute Gasteiger partial charge is 0.329 e. The number of nitrogens with zero attached hydrogens (tertiary/aromatic N) is 1. The molecule has 0 unspecified atom stereocenters. The third-order valence-corrected chi connectivity index (χ3v) is 4.66. The lowest BCUT2D eigenvalue weighted by molar-refractivity contribution is -0.139. The number of rotatable bonds is 11. The van der Waals surface area contributed by atoms with Gasteiger partial charge < -0.3 is 20.1 Å². The molecule has 0 bridgehead atoms. The van der Waals surface area contributed by atoms with E-state index in [1.165, 1.54) is 6.21 Å². The Kier molecular flexibility index (Phi) is 10.7. The van der Waals surface area contributed by atoms with Gasteiger partial charge >= 0.3 is 11.8 Å². The summed E-state index contributed by atoms with van der Waals surface area (Å²) in [5, 5.41) is 9.18. The van der Waals surface area contributed by atoms with Crippen LogP contribution in [-0.4, -0.2) is 49.8 Å². The van der Waals surface area contributed by atoms with Gasteiger partial charge in [-0.05, 0) is 57.4 Å². The maximum absolute atomic E-state index is 12.4. The highest BCUT2D eigenvalue weighted by molar-refractivity contribution is 6.35. The molecule has 3 amide bonds. The summed E-state index contributed by atoms with van der Waals surface area (Å²) in [7, 11) is 0. The van der Waals surface area contributed by atoms with Gasteiger partial charge in [0.25, 0.3) is 5.91 Å². The van der Waals surface area contributed by atoms with Crippen LogP contribution in [0.2, 0.25) is 0 Å². The van der Waals surface area contributed by atoms with E-state index in [9.17, 15) is 14.4 Å². The Hall–Kier alpha value is -3.72. The topological polar surface area (TPSA) is 118 Å². The molecule has 9 heteroatoms. The first kappa shape index (κ1) is 26.5. The second kappa shape index (κ2) is 13.7. The summed E-state index contributed by atoms with van der Waals surface area (Å²) in [6.45, 7) is 8.31. The quantitative estimate of drug-likeness (QED) is 0.203. The maximum atomic E-state index is 12.4. The van der Waals surface area contributed by atoms with Crippen molar-refractivity contribution in [2.24, 2.45) is 5.10 Å². The Balaban J connectivity index is 1.83. The van der Waals surface area contributed by atoms with E-state index in [4.69, 9.17) is 9.47 Å². The van der Waals surface area contributed by atoms with Crippen LogP contribution in [0, 0.1) is 13.8 Å². The van der Waals surface area contributed by atoms with Gasteiger partial charge in [0, 0.05) is 24.4 Å². The minimum absolute atomic E-state index is 0.117. The molecule has 0 radical (unpaired) electrons. The predicted octanol–water partition coefficient (Wildman–Crippen LogP) is 2.70. The Morgan fingerprint density at radius 3 is 2.41 bits per heavy atom. The van der Waals surface area contributed by atoms with E-state index >= 15 is 0 Å². The minimum atomic E-state index is -0.882. The van der Waals surface area contributed by atoms with Crippen LogP contribution in [0.4, 0.5) is 5.69 Å². The zero-order chi connectivity index (χ0) is 24.9. The van der Waals surface area contributed by atoms with Crippen LogP contribution in [0.3, 0.4) is 0 Å². The molecule has 0 saturated heterocycles. The van der Waals surface area contributed by atoms with E-state index in [0.717, 1.165) is 16.8 Å². The van der Waals surface area contributed by atoms with Crippen molar-refractivity contribution in [3.63, 3.8) is 0 Å². The van der Waals surface area contributed by atoms with Gasteiger partial charge in [-0.2, -0.15) is 5.10 Å². The summed E-state index contributed by atoms with van der Waals surface area (Å²) in [6, 6.07) is 12.7. The van der Waals surface area contributed by atoms with Gasteiger partial charge in [0.15, 0.2) is 6.61 Å². The molecule has 0 atom stereocenters. The third kappa shape index (κ3) is 9.03. The number of anilines is 1. The van der Waals surface area contributed by atoms with Crippen molar-refractivity contribution in [3.8, 4) is 5.75 Å².